The second kappa shape index (κ2) is 10.0. The van der Waals surface area contributed by atoms with Crippen LogP contribution < -0.4 is 15.4 Å². The molecule has 1 aromatic heterocycles. The van der Waals surface area contributed by atoms with E-state index in [1.54, 1.807) is 18.2 Å². The van der Waals surface area contributed by atoms with E-state index in [0.29, 0.717) is 17.5 Å². The quantitative estimate of drug-likeness (QED) is 0.465. The van der Waals surface area contributed by atoms with E-state index < -0.39 is 10.0 Å². The van der Waals surface area contributed by atoms with Gasteiger partial charge in [-0.3, -0.25) is 0 Å². The molecule has 3 N–H and O–H groups in total. The van der Waals surface area contributed by atoms with Crippen LogP contribution in [0.3, 0.4) is 0 Å². The van der Waals surface area contributed by atoms with Gasteiger partial charge < -0.3 is 15.5 Å². The first-order valence-corrected chi connectivity index (χ1v) is 12.7. The number of likely N-dealkylation sites (N-methyl/N-ethyl adjacent to an activating group) is 1. The zero-order valence-corrected chi connectivity index (χ0v) is 20.2. The SMILES string of the molecule is CCN1CCc2ccc(Nc3ncc(Cl)c(Nc4ccccc4S(=O)(=O)NC)n3)cc2CC1. The number of sulfonamides is 1. The van der Waals surface area contributed by atoms with Crippen molar-refractivity contribution in [2.45, 2.75) is 24.7 Å². The number of anilines is 4. The van der Waals surface area contributed by atoms with Gasteiger partial charge in [-0.05, 0) is 61.8 Å². The van der Waals surface area contributed by atoms with E-state index in [1.807, 2.05) is 6.07 Å². The first-order chi connectivity index (χ1) is 15.9. The van der Waals surface area contributed by atoms with Crippen molar-refractivity contribution in [1.29, 1.82) is 0 Å². The van der Waals surface area contributed by atoms with Crippen LogP contribution in [-0.2, 0) is 22.9 Å². The molecule has 0 atom stereocenters. The molecule has 3 aromatic rings. The lowest BCUT2D eigenvalue weighted by Gasteiger charge is -2.16. The Hall–Kier alpha value is -2.72. The summed E-state index contributed by atoms with van der Waals surface area (Å²) in [7, 11) is -2.29. The van der Waals surface area contributed by atoms with Gasteiger partial charge in [0.05, 0.1) is 11.9 Å². The molecule has 0 aliphatic carbocycles. The third kappa shape index (κ3) is 5.44. The first kappa shape index (κ1) is 23.4. The summed E-state index contributed by atoms with van der Waals surface area (Å²) in [5.41, 5.74) is 3.96. The average Bonchev–Trinajstić information content (AvgIpc) is 3.03. The summed E-state index contributed by atoms with van der Waals surface area (Å²) in [4.78, 5) is 11.3. The van der Waals surface area contributed by atoms with Gasteiger partial charge in [-0.25, -0.2) is 18.1 Å². The molecule has 0 bridgehead atoms. The number of para-hydroxylation sites is 1. The highest BCUT2D eigenvalue weighted by atomic mass is 35.5. The largest absolute Gasteiger partial charge is 0.338 e. The van der Waals surface area contributed by atoms with Crippen molar-refractivity contribution in [3.63, 3.8) is 0 Å². The lowest BCUT2D eigenvalue weighted by molar-refractivity contribution is 0.303. The van der Waals surface area contributed by atoms with E-state index in [0.717, 1.165) is 38.2 Å². The van der Waals surface area contributed by atoms with Gasteiger partial charge in [-0.15, -0.1) is 0 Å². The molecule has 0 spiro atoms. The predicted octanol–water partition coefficient (Wildman–Crippen LogP) is 3.95. The van der Waals surface area contributed by atoms with E-state index in [4.69, 9.17) is 11.6 Å². The van der Waals surface area contributed by atoms with Crippen molar-refractivity contribution < 1.29 is 8.42 Å². The Kier molecular flexibility index (Phi) is 7.14. The fourth-order valence-corrected chi connectivity index (χ4v) is 4.88. The molecular weight excluding hydrogens is 460 g/mol. The molecule has 0 saturated carbocycles. The zero-order chi connectivity index (χ0) is 23.4. The average molecular weight is 487 g/mol. The summed E-state index contributed by atoms with van der Waals surface area (Å²) in [6.45, 7) is 5.38. The van der Waals surface area contributed by atoms with Gasteiger partial charge in [0.15, 0.2) is 5.82 Å². The Bertz CT molecular complexity index is 1250. The van der Waals surface area contributed by atoms with Crippen LogP contribution in [0.4, 0.5) is 23.1 Å². The Balaban J connectivity index is 1.57. The third-order valence-electron chi connectivity index (χ3n) is 5.75. The van der Waals surface area contributed by atoms with Crippen molar-refractivity contribution in [1.82, 2.24) is 19.6 Å². The van der Waals surface area contributed by atoms with Crippen molar-refractivity contribution in [2.24, 2.45) is 0 Å². The monoisotopic (exact) mass is 486 g/mol. The molecule has 4 rings (SSSR count). The second-order valence-electron chi connectivity index (χ2n) is 7.76. The van der Waals surface area contributed by atoms with E-state index in [9.17, 15) is 8.42 Å². The Morgan fingerprint density at radius 2 is 1.82 bits per heavy atom. The standard InChI is InChI=1S/C23H27ClN6O2S/c1-3-30-12-10-16-8-9-18(14-17(16)11-13-30)27-23-26-15-19(24)22(29-23)28-20-6-4-5-7-21(20)33(31,32)25-2/h4-9,14-15,25H,3,10-13H2,1-2H3,(H2,26,27,28,29). The maximum Gasteiger partial charge on any atom is 0.242 e. The maximum absolute atomic E-state index is 12.4. The van der Waals surface area contributed by atoms with Crippen molar-refractivity contribution in [2.75, 3.05) is 37.3 Å². The summed E-state index contributed by atoms with van der Waals surface area (Å²) in [5.74, 6) is 0.667. The number of nitrogens with zero attached hydrogens (tertiary/aromatic N) is 3. The van der Waals surface area contributed by atoms with Crippen LogP contribution in [0.1, 0.15) is 18.1 Å². The molecule has 0 unspecified atom stereocenters. The maximum atomic E-state index is 12.4. The van der Waals surface area contributed by atoms with Crippen LogP contribution in [-0.4, -0.2) is 50.0 Å². The lowest BCUT2D eigenvalue weighted by atomic mass is 10.0. The summed E-state index contributed by atoms with van der Waals surface area (Å²) in [6, 6.07) is 12.9. The minimum absolute atomic E-state index is 0.101. The van der Waals surface area contributed by atoms with Crippen LogP contribution >= 0.6 is 11.6 Å². The summed E-state index contributed by atoms with van der Waals surface area (Å²) < 4.78 is 27.0. The van der Waals surface area contributed by atoms with Crippen LogP contribution in [0.25, 0.3) is 0 Å². The highest BCUT2D eigenvalue weighted by Gasteiger charge is 2.18. The molecule has 2 aromatic carbocycles. The first-order valence-electron chi connectivity index (χ1n) is 10.8. The zero-order valence-electron chi connectivity index (χ0n) is 18.6. The normalized spacial score (nSPS) is 14.4. The number of aromatic nitrogens is 2. The molecule has 1 aliphatic rings. The van der Waals surface area contributed by atoms with E-state index in [1.165, 1.54) is 30.4 Å². The van der Waals surface area contributed by atoms with Gasteiger partial charge in [0.1, 0.15) is 9.92 Å². The molecule has 1 aliphatic heterocycles. The number of hydrogen-bond acceptors (Lipinski definition) is 7. The van der Waals surface area contributed by atoms with Gasteiger partial charge in [-0.1, -0.05) is 36.7 Å². The Morgan fingerprint density at radius 3 is 2.58 bits per heavy atom. The highest BCUT2D eigenvalue weighted by Crippen LogP contribution is 2.29. The lowest BCUT2D eigenvalue weighted by Crippen LogP contribution is -2.25. The van der Waals surface area contributed by atoms with Crippen LogP contribution in [0.2, 0.25) is 5.02 Å². The number of nitrogens with one attached hydrogen (secondary N) is 3. The predicted molar refractivity (Wildman–Crippen MR) is 132 cm³/mol. The number of rotatable bonds is 7. The minimum atomic E-state index is -3.66. The molecule has 8 nitrogen and oxygen atoms in total. The molecule has 10 heteroatoms. The fraction of sp³-hybridized carbons (Fsp3) is 0.304. The topological polar surface area (TPSA) is 99.2 Å². The molecular formula is C23H27ClN6O2S. The van der Waals surface area contributed by atoms with E-state index in [2.05, 4.69) is 49.3 Å². The third-order valence-corrected chi connectivity index (χ3v) is 7.50. The summed E-state index contributed by atoms with van der Waals surface area (Å²) in [6.07, 6.45) is 3.53. The minimum Gasteiger partial charge on any atom is -0.338 e. The van der Waals surface area contributed by atoms with Gasteiger partial charge in [0, 0.05) is 18.8 Å². The number of fused-ring (bicyclic) bond motifs is 1. The number of benzene rings is 2. The van der Waals surface area contributed by atoms with Crippen molar-refractivity contribution in [3.8, 4) is 0 Å². The number of hydrogen-bond donors (Lipinski definition) is 3. The van der Waals surface area contributed by atoms with Crippen molar-refractivity contribution >= 4 is 44.8 Å². The van der Waals surface area contributed by atoms with Gasteiger partial charge in [0.2, 0.25) is 16.0 Å². The fourth-order valence-electron chi connectivity index (χ4n) is 3.85. The Morgan fingerprint density at radius 1 is 1.06 bits per heavy atom. The highest BCUT2D eigenvalue weighted by molar-refractivity contribution is 7.89. The van der Waals surface area contributed by atoms with Gasteiger partial charge in [0.25, 0.3) is 0 Å². The van der Waals surface area contributed by atoms with Gasteiger partial charge in [-0.2, -0.15) is 4.98 Å². The molecule has 174 valence electrons. The molecule has 2 heterocycles. The van der Waals surface area contributed by atoms with Crippen LogP contribution in [0.15, 0.2) is 53.6 Å². The second-order valence-corrected chi connectivity index (χ2v) is 10.0. The number of halogens is 1. The van der Waals surface area contributed by atoms with Crippen LogP contribution in [0, 0.1) is 0 Å². The molecule has 0 radical (unpaired) electrons. The Labute approximate surface area is 199 Å². The van der Waals surface area contributed by atoms with Gasteiger partial charge >= 0.3 is 0 Å². The summed E-state index contributed by atoms with van der Waals surface area (Å²) >= 11 is 6.30. The van der Waals surface area contributed by atoms with E-state index >= 15 is 0 Å². The molecule has 0 saturated heterocycles. The van der Waals surface area contributed by atoms with Crippen LogP contribution in [0.5, 0.6) is 0 Å². The van der Waals surface area contributed by atoms with Crippen molar-refractivity contribution in [3.05, 3.63) is 64.8 Å². The molecule has 33 heavy (non-hydrogen) atoms. The smallest absolute Gasteiger partial charge is 0.242 e. The molecule has 0 fully saturated rings. The van der Waals surface area contributed by atoms with E-state index in [-0.39, 0.29) is 9.92 Å². The summed E-state index contributed by atoms with van der Waals surface area (Å²) in [5, 5.41) is 6.55. The molecule has 0 amide bonds.